The topological polar surface area (TPSA) is 21.7 Å². The van der Waals surface area contributed by atoms with E-state index in [1.807, 2.05) is 0 Å². The van der Waals surface area contributed by atoms with Crippen LogP contribution in [0.25, 0.3) is 0 Å². The monoisotopic (exact) mass is 297 g/mol. The molecule has 0 spiro atoms. The number of ether oxygens (including phenoxy) is 2. The van der Waals surface area contributed by atoms with Crippen LogP contribution in [0.2, 0.25) is 0 Å². The predicted molar refractivity (Wildman–Crippen MR) is 88.3 cm³/mol. The molecule has 0 amide bonds. The van der Waals surface area contributed by atoms with Crippen molar-refractivity contribution >= 4 is 7.92 Å². The highest BCUT2D eigenvalue weighted by molar-refractivity contribution is 7.61. The summed E-state index contributed by atoms with van der Waals surface area (Å²) in [4.78, 5) is 2.20. The number of hydrogen-bond donors (Lipinski definition) is 0. The second kappa shape index (κ2) is 7.85. The van der Waals surface area contributed by atoms with Gasteiger partial charge in [0.2, 0.25) is 0 Å². The fraction of sp³-hybridized carbons (Fsp3) is 0.625. The van der Waals surface area contributed by atoms with Gasteiger partial charge in [-0.05, 0) is 38.4 Å². The molecule has 0 saturated heterocycles. The number of nitrogens with zero attached hydrogens (tertiary/aromatic N) is 1. The summed E-state index contributed by atoms with van der Waals surface area (Å²) < 4.78 is 11.7. The lowest BCUT2D eigenvalue weighted by Gasteiger charge is -2.28. The largest absolute Gasteiger partial charge is 0.486 e. The Balaban J connectivity index is 2.88. The van der Waals surface area contributed by atoms with Gasteiger partial charge in [-0.3, -0.25) is 0 Å². The highest BCUT2D eigenvalue weighted by Gasteiger charge is 2.24. The highest BCUT2D eigenvalue weighted by Crippen LogP contribution is 2.46. The molecule has 0 radical (unpaired) electrons. The van der Waals surface area contributed by atoms with Crippen molar-refractivity contribution in [2.24, 2.45) is 5.92 Å². The molecule has 1 aliphatic heterocycles. The molecule has 0 aliphatic carbocycles. The Morgan fingerprint density at radius 2 is 1.75 bits per heavy atom. The van der Waals surface area contributed by atoms with E-state index in [9.17, 15) is 0 Å². The maximum Gasteiger partial charge on any atom is 0.168 e. The first-order chi connectivity index (χ1) is 9.34. The van der Waals surface area contributed by atoms with E-state index in [-0.39, 0.29) is 7.92 Å². The summed E-state index contributed by atoms with van der Waals surface area (Å²) in [7, 11) is 3.88. The normalized spacial score (nSPS) is 16.9. The molecule has 1 rings (SSSR count). The van der Waals surface area contributed by atoms with E-state index >= 15 is 0 Å². The first-order valence-corrected chi connectivity index (χ1v) is 9.06. The van der Waals surface area contributed by atoms with Crippen LogP contribution in [-0.4, -0.2) is 51.6 Å². The van der Waals surface area contributed by atoms with E-state index in [0.29, 0.717) is 19.1 Å². The minimum absolute atomic E-state index is 0.308. The molecule has 0 bridgehead atoms. The van der Waals surface area contributed by atoms with Crippen molar-refractivity contribution in [2.75, 3.05) is 46.7 Å². The summed E-state index contributed by atoms with van der Waals surface area (Å²) in [6.07, 6.45) is 1.12. The lowest BCUT2D eigenvalue weighted by Crippen LogP contribution is -2.19. The molecule has 0 saturated carbocycles. The Bertz CT molecular complexity index is 399. The van der Waals surface area contributed by atoms with Crippen molar-refractivity contribution in [3.8, 4) is 0 Å². The lowest BCUT2D eigenvalue weighted by atomic mass is 10.0. The van der Waals surface area contributed by atoms with Gasteiger partial charge >= 0.3 is 0 Å². The fourth-order valence-electron chi connectivity index (χ4n) is 1.79. The summed E-state index contributed by atoms with van der Waals surface area (Å²) in [5.41, 5.74) is 0.997. The summed E-state index contributed by atoms with van der Waals surface area (Å²) in [6.45, 7) is 17.1. The van der Waals surface area contributed by atoms with Gasteiger partial charge in [0.05, 0.1) is 0 Å². The van der Waals surface area contributed by atoms with Crippen molar-refractivity contribution in [1.29, 1.82) is 0 Å². The van der Waals surface area contributed by atoms with Crippen molar-refractivity contribution < 1.29 is 9.47 Å². The molecule has 20 heavy (non-hydrogen) atoms. The highest BCUT2D eigenvalue weighted by atomic mass is 31.1. The minimum atomic E-state index is -0.308. The van der Waals surface area contributed by atoms with Crippen LogP contribution in [0, 0.1) is 5.92 Å². The third kappa shape index (κ3) is 4.64. The Hall–Kier alpha value is -0.790. The molecule has 0 N–H and O–H groups in total. The fourth-order valence-corrected chi connectivity index (χ4v) is 3.27. The molecule has 114 valence electrons. The first kappa shape index (κ1) is 17.3. The van der Waals surface area contributed by atoms with Crippen LogP contribution in [0.1, 0.15) is 13.8 Å². The molecular formula is C16H28NO2P. The molecule has 1 unspecified atom stereocenters. The zero-order valence-corrected chi connectivity index (χ0v) is 14.4. The lowest BCUT2D eigenvalue weighted by molar-refractivity contribution is 0.0720. The maximum atomic E-state index is 5.85. The molecule has 0 aromatic carbocycles. The van der Waals surface area contributed by atoms with Crippen LogP contribution in [0.4, 0.5) is 0 Å². The maximum absolute atomic E-state index is 5.85. The van der Waals surface area contributed by atoms with Crippen molar-refractivity contribution in [3.05, 3.63) is 35.6 Å². The zero-order valence-electron chi connectivity index (χ0n) is 13.5. The molecule has 1 atom stereocenters. The van der Waals surface area contributed by atoms with E-state index in [0.717, 1.165) is 35.1 Å². The zero-order chi connectivity index (χ0) is 15.3. The third-order valence-electron chi connectivity index (χ3n) is 3.38. The summed E-state index contributed by atoms with van der Waals surface area (Å²) in [5, 5.41) is 1.08. The van der Waals surface area contributed by atoms with Gasteiger partial charge in [-0.2, -0.15) is 0 Å². The standard InChI is InChI=1S/C16H28NO2P/c1-12(2)13(3)15-16(19-10-9-18-15)14(4)20(7)11-8-17(5)6/h12H,3-4,8-11H2,1-2,5-7H3. The van der Waals surface area contributed by atoms with E-state index in [4.69, 9.17) is 9.47 Å². The van der Waals surface area contributed by atoms with Crippen molar-refractivity contribution in [3.63, 3.8) is 0 Å². The Kier molecular flexibility index (Phi) is 6.78. The van der Waals surface area contributed by atoms with Crippen LogP contribution < -0.4 is 0 Å². The Labute approximate surface area is 125 Å². The average molecular weight is 297 g/mol. The van der Waals surface area contributed by atoms with Crippen LogP contribution in [-0.2, 0) is 9.47 Å². The molecule has 0 aromatic heterocycles. The number of rotatable bonds is 7. The SMILES string of the molecule is C=C(C1=C(C(=C)P(C)CCN(C)C)OCCO1)C(C)C. The van der Waals surface area contributed by atoms with Crippen LogP contribution >= 0.6 is 7.92 Å². The quantitative estimate of drug-likeness (QED) is 0.670. The van der Waals surface area contributed by atoms with E-state index < -0.39 is 0 Å². The molecular weight excluding hydrogens is 269 g/mol. The van der Waals surface area contributed by atoms with Crippen molar-refractivity contribution in [1.82, 2.24) is 4.90 Å². The van der Waals surface area contributed by atoms with Gasteiger partial charge in [0.15, 0.2) is 11.5 Å². The van der Waals surface area contributed by atoms with Gasteiger partial charge in [-0.1, -0.05) is 34.9 Å². The van der Waals surface area contributed by atoms with Crippen molar-refractivity contribution in [2.45, 2.75) is 13.8 Å². The second-order valence-electron chi connectivity index (χ2n) is 5.71. The predicted octanol–water partition coefficient (Wildman–Crippen LogP) is 3.64. The molecule has 3 nitrogen and oxygen atoms in total. The van der Waals surface area contributed by atoms with E-state index in [1.165, 1.54) is 0 Å². The van der Waals surface area contributed by atoms with Gasteiger partial charge in [0.25, 0.3) is 0 Å². The van der Waals surface area contributed by atoms with Crippen LogP contribution in [0.15, 0.2) is 35.6 Å². The Morgan fingerprint density at radius 1 is 1.20 bits per heavy atom. The number of allylic oxidation sites excluding steroid dienone is 2. The molecule has 1 heterocycles. The first-order valence-electron chi connectivity index (χ1n) is 7.08. The molecule has 0 fully saturated rings. The summed E-state index contributed by atoms with van der Waals surface area (Å²) in [6, 6.07) is 0. The van der Waals surface area contributed by atoms with Crippen LogP contribution in [0.3, 0.4) is 0 Å². The van der Waals surface area contributed by atoms with E-state index in [2.05, 4.69) is 52.7 Å². The summed E-state index contributed by atoms with van der Waals surface area (Å²) in [5.74, 6) is 2.00. The minimum Gasteiger partial charge on any atom is -0.486 e. The van der Waals surface area contributed by atoms with E-state index in [1.54, 1.807) is 0 Å². The third-order valence-corrected chi connectivity index (χ3v) is 5.37. The second-order valence-corrected chi connectivity index (χ2v) is 8.09. The van der Waals surface area contributed by atoms with Crippen LogP contribution in [0.5, 0.6) is 0 Å². The van der Waals surface area contributed by atoms with Gasteiger partial charge < -0.3 is 14.4 Å². The van der Waals surface area contributed by atoms with Gasteiger partial charge in [0.1, 0.15) is 13.2 Å². The number of hydrogen-bond acceptors (Lipinski definition) is 3. The van der Waals surface area contributed by atoms with Gasteiger partial charge in [0, 0.05) is 11.9 Å². The molecule has 0 aromatic rings. The average Bonchev–Trinajstić information content (AvgIpc) is 2.42. The Morgan fingerprint density at radius 3 is 2.25 bits per heavy atom. The molecule has 1 aliphatic rings. The smallest absolute Gasteiger partial charge is 0.168 e. The van der Waals surface area contributed by atoms with Gasteiger partial charge in [-0.15, -0.1) is 0 Å². The molecule has 4 heteroatoms. The van der Waals surface area contributed by atoms with Gasteiger partial charge in [-0.25, -0.2) is 0 Å². The summed E-state index contributed by atoms with van der Waals surface area (Å²) >= 11 is 0.